The van der Waals surface area contributed by atoms with Crippen LogP contribution in [0.2, 0.25) is 0 Å². The van der Waals surface area contributed by atoms with E-state index in [4.69, 9.17) is 19.3 Å². The molecule has 0 bridgehead atoms. The molecule has 0 rings (SSSR count). The van der Waals surface area contributed by atoms with Crippen LogP contribution >= 0.6 is 7.82 Å². The van der Waals surface area contributed by atoms with Crippen molar-refractivity contribution in [1.82, 2.24) is 0 Å². The van der Waals surface area contributed by atoms with Crippen molar-refractivity contribution in [2.75, 3.05) is 13.2 Å². The largest absolute Gasteiger partial charge is 0.469 e. The van der Waals surface area contributed by atoms with Crippen molar-refractivity contribution < 1.29 is 37.9 Å². The van der Waals surface area contributed by atoms with E-state index in [0.717, 1.165) is 38.5 Å². The molecule has 0 aliphatic rings. The standard InChI is InChI=1S/C25H45O8P/c1-3-5-6-7-8-9-10-11-12-13-14-15-16-17-18-19-20-25(27)33-23(21-31-24(26)4-2)22-32-34(28,29)30/h9-10,12-13,23H,3-8,11,14-22H2,1-2H3,(H2,28,29,30)/b10-9-,13-12-. The second-order valence-corrected chi connectivity index (χ2v) is 9.51. The van der Waals surface area contributed by atoms with Crippen molar-refractivity contribution in [3.63, 3.8) is 0 Å². The molecule has 0 aromatic carbocycles. The number of hydrogen-bond donors (Lipinski definition) is 2. The van der Waals surface area contributed by atoms with Gasteiger partial charge in [-0.2, -0.15) is 0 Å². The first-order chi connectivity index (χ1) is 16.3. The second-order valence-electron chi connectivity index (χ2n) is 8.27. The molecular weight excluding hydrogens is 459 g/mol. The van der Waals surface area contributed by atoms with E-state index in [1.807, 2.05) is 0 Å². The number of allylic oxidation sites excluding steroid dienone is 4. The van der Waals surface area contributed by atoms with Crippen molar-refractivity contribution in [1.29, 1.82) is 0 Å². The summed E-state index contributed by atoms with van der Waals surface area (Å²) in [5, 5.41) is 0. The minimum Gasteiger partial charge on any atom is -0.462 e. The van der Waals surface area contributed by atoms with Gasteiger partial charge in [0.05, 0.1) is 6.61 Å². The molecule has 0 aliphatic carbocycles. The van der Waals surface area contributed by atoms with E-state index >= 15 is 0 Å². The van der Waals surface area contributed by atoms with Gasteiger partial charge in [0.25, 0.3) is 0 Å². The highest BCUT2D eigenvalue weighted by Gasteiger charge is 2.22. The normalized spacial score (nSPS) is 12.9. The van der Waals surface area contributed by atoms with Crippen LogP contribution < -0.4 is 0 Å². The van der Waals surface area contributed by atoms with Gasteiger partial charge in [0.2, 0.25) is 0 Å². The summed E-state index contributed by atoms with van der Waals surface area (Å²) in [5.41, 5.74) is 0. The molecule has 0 spiro atoms. The van der Waals surface area contributed by atoms with Gasteiger partial charge in [-0.05, 0) is 38.5 Å². The van der Waals surface area contributed by atoms with Crippen LogP contribution in [0.5, 0.6) is 0 Å². The Morgan fingerprint density at radius 2 is 1.38 bits per heavy atom. The molecule has 34 heavy (non-hydrogen) atoms. The number of phosphoric ester groups is 1. The first-order valence-electron chi connectivity index (χ1n) is 12.6. The molecule has 0 heterocycles. The lowest BCUT2D eigenvalue weighted by Crippen LogP contribution is -2.29. The molecule has 9 heteroatoms. The smallest absolute Gasteiger partial charge is 0.462 e. The minimum absolute atomic E-state index is 0.145. The Morgan fingerprint density at radius 3 is 1.97 bits per heavy atom. The lowest BCUT2D eigenvalue weighted by atomic mass is 10.1. The Balaban J connectivity index is 3.84. The van der Waals surface area contributed by atoms with Gasteiger partial charge < -0.3 is 19.3 Å². The molecule has 0 saturated carbocycles. The van der Waals surface area contributed by atoms with E-state index in [-0.39, 0.29) is 19.4 Å². The Bertz CT molecular complexity index is 626. The fourth-order valence-electron chi connectivity index (χ4n) is 3.09. The second kappa shape index (κ2) is 22.0. The average molecular weight is 505 g/mol. The van der Waals surface area contributed by atoms with Gasteiger partial charge in [-0.25, -0.2) is 4.57 Å². The molecule has 0 amide bonds. The van der Waals surface area contributed by atoms with Crippen LogP contribution in [0, 0.1) is 0 Å². The fourth-order valence-corrected chi connectivity index (χ4v) is 3.45. The minimum atomic E-state index is -4.71. The topological polar surface area (TPSA) is 119 Å². The third-order valence-corrected chi connectivity index (χ3v) is 5.51. The zero-order chi connectivity index (χ0) is 25.5. The molecule has 2 N–H and O–H groups in total. The van der Waals surface area contributed by atoms with Crippen molar-refractivity contribution in [3.05, 3.63) is 24.3 Å². The van der Waals surface area contributed by atoms with E-state index < -0.39 is 32.5 Å². The number of rotatable bonds is 22. The van der Waals surface area contributed by atoms with Crippen LogP contribution in [0.1, 0.15) is 104 Å². The number of unbranched alkanes of at least 4 members (excludes halogenated alkanes) is 9. The SMILES string of the molecule is CCCCCC/C=C\C/C=C\CCCCCCCC(=O)OC(COC(=O)CC)COP(=O)(O)O. The van der Waals surface area contributed by atoms with Crippen LogP contribution in [0.25, 0.3) is 0 Å². The molecule has 1 unspecified atom stereocenters. The maximum Gasteiger partial charge on any atom is 0.469 e. The van der Waals surface area contributed by atoms with Crippen molar-refractivity contribution >= 4 is 19.8 Å². The molecule has 0 radical (unpaired) electrons. The Morgan fingerprint density at radius 1 is 0.794 bits per heavy atom. The van der Waals surface area contributed by atoms with Crippen LogP contribution in [0.3, 0.4) is 0 Å². The number of phosphoric acid groups is 1. The number of esters is 2. The highest BCUT2D eigenvalue weighted by molar-refractivity contribution is 7.46. The van der Waals surface area contributed by atoms with Gasteiger partial charge in [-0.15, -0.1) is 0 Å². The predicted octanol–water partition coefficient (Wildman–Crippen LogP) is 6.16. The zero-order valence-electron chi connectivity index (χ0n) is 21.0. The van der Waals surface area contributed by atoms with Gasteiger partial charge in [0.1, 0.15) is 6.61 Å². The highest BCUT2D eigenvalue weighted by Crippen LogP contribution is 2.35. The molecule has 198 valence electrons. The Labute approximate surface area is 205 Å². The van der Waals surface area contributed by atoms with Gasteiger partial charge in [-0.1, -0.05) is 76.7 Å². The first-order valence-corrected chi connectivity index (χ1v) is 14.2. The monoisotopic (exact) mass is 504 g/mol. The van der Waals surface area contributed by atoms with Crippen LogP contribution in [0.4, 0.5) is 0 Å². The summed E-state index contributed by atoms with van der Waals surface area (Å²) in [6, 6.07) is 0. The third kappa shape index (κ3) is 23.7. The Kier molecular flexibility index (Phi) is 21.1. The molecule has 0 aromatic heterocycles. The number of hydrogen-bond acceptors (Lipinski definition) is 6. The summed E-state index contributed by atoms with van der Waals surface area (Å²) in [4.78, 5) is 40.9. The summed E-state index contributed by atoms with van der Waals surface area (Å²) >= 11 is 0. The van der Waals surface area contributed by atoms with Crippen molar-refractivity contribution in [3.8, 4) is 0 Å². The summed E-state index contributed by atoms with van der Waals surface area (Å²) in [5.74, 6) is -1.01. The summed E-state index contributed by atoms with van der Waals surface area (Å²) < 4.78 is 25.3. The predicted molar refractivity (Wildman–Crippen MR) is 133 cm³/mol. The number of ether oxygens (including phenoxy) is 2. The molecular formula is C25H45O8P. The highest BCUT2D eigenvalue weighted by atomic mass is 31.2. The molecule has 1 atom stereocenters. The molecule has 0 aromatic rings. The molecule has 8 nitrogen and oxygen atoms in total. The summed E-state index contributed by atoms with van der Waals surface area (Å²) in [7, 11) is -4.71. The van der Waals surface area contributed by atoms with Gasteiger partial charge in [0.15, 0.2) is 6.10 Å². The number of carbonyl (C=O) groups is 2. The third-order valence-electron chi connectivity index (χ3n) is 5.03. The zero-order valence-corrected chi connectivity index (χ0v) is 21.9. The molecule has 0 saturated heterocycles. The van der Waals surface area contributed by atoms with Crippen LogP contribution in [-0.4, -0.2) is 41.0 Å². The van der Waals surface area contributed by atoms with Crippen LogP contribution in [0.15, 0.2) is 24.3 Å². The van der Waals surface area contributed by atoms with E-state index in [1.54, 1.807) is 6.92 Å². The van der Waals surface area contributed by atoms with Gasteiger partial charge in [0, 0.05) is 12.8 Å². The van der Waals surface area contributed by atoms with E-state index in [1.165, 1.54) is 32.1 Å². The Hall–Kier alpha value is -1.47. The maximum absolute atomic E-state index is 12.0. The number of carbonyl (C=O) groups excluding carboxylic acids is 2. The van der Waals surface area contributed by atoms with Crippen molar-refractivity contribution in [2.24, 2.45) is 0 Å². The van der Waals surface area contributed by atoms with Gasteiger partial charge >= 0.3 is 19.8 Å². The van der Waals surface area contributed by atoms with Crippen LogP contribution in [-0.2, 0) is 28.2 Å². The molecule has 0 fully saturated rings. The maximum atomic E-state index is 12.0. The van der Waals surface area contributed by atoms with E-state index in [9.17, 15) is 14.2 Å². The lowest BCUT2D eigenvalue weighted by Gasteiger charge is -2.18. The first kappa shape index (κ1) is 32.5. The quantitative estimate of drug-likeness (QED) is 0.0778. The molecule has 0 aliphatic heterocycles. The fraction of sp³-hybridized carbons (Fsp3) is 0.760. The van der Waals surface area contributed by atoms with Gasteiger partial charge in [-0.3, -0.25) is 14.1 Å². The summed E-state index contributed by atoms with van der Waals surface area (Å²) in [6.07, 6.45) is 21.5. The van der Waals surface area contributed by atoms with E-state index in [2.05, 4.69) is 35.8 Å². The average Bonchev–Trinajstić information content (AvgIpc) is 2.79. The summed E-state index contributed by atoms with van der Waals surface area (Å²) in [6.45, 7) is 2.99. The lowest BCUT2D eigenvalue weighted by molar-refractivity contribution is -0.161. The van der Waals surface area contributed by atoms with E-state index in [0.29, 0.717) is 6.42 Å². The van der Waals surface area contributed by atoms with Crippen molar-refractivity contribution in [2.45, 2.75) is 110 Å².